The van der Waals surface area contributed by atoms with Gasteiger partial charge < -0.3 is 10.2 Å². The zero-order valence-electron chi connectivity index (χ0n) is 8.52. The maximum absolute atomic E-state index is 5.42. The molecule has 2 N–H and O–H groups in total. The van der Waals surface area contributed by atoms with E-state index >= 15 is 0 Å². The van der Waals surface area contributed by atoms with Gasteiger partial charge in [-0.15, -0.1) is 0 Å². The smallest absolute Gasteiger partial charge is 0.194 e. The van der Waals surface area contributed by atoms with Crippen LogP contribution < -0.4 is 5.73 Å². The van der Waals surface area contributed by atoms with Gasteiger partial charge >= 0.3 is 0 Å². The second-order valence-corrected chi connectivity index (χ2v) is 3.38. The van der Waals surface area contributed by atoms with E-state index in [0.717, 1.165) is 30.0 Å². The van der Waals surface area contributed by atoms with E-state index in [1.54, 1.807) is 6.26 Å². The molecular formula is C12H14N2O. The van der Waals surface area contributed by atoms with Crippen LogP contribution in [-0.4, -0.2) is 11.5 Å². The lowest BCUT2D eigenvalue weighted by Crippen LogP contribution is -2.00. The summed E-state index contributed by atoms with van der Waals surface area (Å²) in [5.74, 6) is 0.763. The summed E-state index contributed by atoms with van der Waals surface area (Å²) in [7, 11) is 0. The van der Waals surface area contributed by atoms with Crippen LogP contribution in [0.5, 0.6) is 0 Å². The van der Waals surface area contributed by atoms with E-state index in [9.17, 15) is 0 Å². The molecule has 0 bridgehead atoms. The van der Waals surface area contributed by atoms with E-state index in [1.807, 2.05) is 30.3 Å². The first-order chi connectivity index (χ1) is 7.40. The summed E-state index contributed by atoms with van der Waals surface area (Å²) < 4.78 is 5.35. The molecule has 0 aliphatic carbocycles. The van der Waals surface area contributed by atoms with Crippen molar-refractivity contribution in [1.29, 1.82) is 0 Å². The summed E-state index contributed by atoms with van der Waals surface area (Å²) in [6.45, 7) is 0.670. The molecular weight excluding hydrogens is 188 g/mol. The number of rotatable bonds is 4. The third-order valence-electron chi connectivity index (χ3n) is 2.22. The molecule has 3 heteroatoms. The fourth-order valence-electron chi connectivity index (χ4n) is 1.42. The van der Waals surface area contributed by atoms with Crippen LogP contribution >= 0.6 is 0 Å². The number of hydrogen-bond donors (Lipinski definition) is 1. The Morgan fingerprint density at radius 1 is 1.20 bits per heavy atom. The van der Waals surface area contributed by atoms with Gasteiger partial charge in [-0.1, -0.05) is 30.3 Å². The maximum atomic E-state index is 5.42. The molecule has 0 amide bonds. The Labute approximate surface area is 88.9 Å². The number of nitrogens with zero attached hydrogens (tertiary/aromatic N) is 1. The molecule has 0 saturated carbocycles. The molecule has 1 heterocycles. The molecule has 0 unspecified atom stereocenters. The molecule has 0 aliphatic rings. The molecule has 15 heavy (non-hydrogen) atoms. The van der Waals surface area contributed by atoms with Crippen LogP contribution in [0.3, 0.4) is 0 Å². The van der Waals surface area contributed by atoms with Crippen molar-refractivity contribution in [3.05, 3.63) is 42.5 Å². The number of benzene rings is 1. The van der Waals surface area contributed by atoms with E-state index in [0.29, 0.717) is 6.54 Å². The first-order valence-electron chi connectivity index (χ1n) is 5.10. The Hall–Kier alpha value is -1.61. The Bertz CT molecular complexity index is 409. The zero-order chi connectivity index (χ0) is 10.5. The van der Waals surface area contributed by atoms with Gasteiger partial charge in [0, 0.05) is 12.0 Å². The van der Waals surface area contributed by atoms with Gasteiger partial charge in [-0.2, -0.15) is 0 Å². The highest BCUT2D eigenvalue weighted by Gasteiger charge is 2.04. The molecule has 0 atom stereocenters. The lowest BCUT2D eigenvalue weighted by Gasteiger charge is -1.93. The Balaban J connectivity index is 2.14. The zero-order valence-corrected chi connectivity index (χ0v) is 8.52. The average molecular weight is 202 g/mol. The molecule has 3 nitrogen and oxygen atoms in total. The highest BCUT2D eigenvalue weighted by Crippen LogP contribution is 2.18. The fraction of sp³-hybridized carbons (Fsp3) is 0.250. The summed E-state index contributed by atoms with van der Waals surface area (Å²) in [6.07, 6.45) is 3.42. The third kappa shape index (κ3) is 2.44. The van der Waals surface area contributed by atoms with Crippen LogP contribution in [0.4, 0.5) is 0 Å². The van der Waals surface area contributed by atoms with Crippen molar-refractivity contribution >= 4 is 0 Å². The van der Waals surface area contributed by atoms with Crippen LogP contribution in [-0.2, 0) is 6.42 Å². The summed E-state index contributed by atoms with van der Waals surface area (Å²) in [6, 6.07) is 10.0. The fourth-order valence-corrected chi connectivity index (χ4v) is 1.42. The molecule has 0 aliphatic heterocycles. The normalized spacial score (nSPS) is 10.5. The summed E-state index contributed by atoms with van der Waals surface area (Å²) >= 11 is 0. The highest BCUT2D eigenvalue weighted by atomic mass is 16.3. The van der Waals surface area contributed by atoms with Crippen LogP contribution in [0, 0.1) is 0 Å². The van der Waals surface area contributed by atoms with Gasteiger partial charge in [0.15, 0.2) is 5.89 Å². The highest BCUT2D eigenvalue weighted by molar-refractivity contribution is 5.57. The number of oxazole rings is 1. The molecule has 1 aromatic carbocycles. The second-order valence-electron chi connectivity index (χ2n) is 3.38. The van der Waals surface area contributed by atoms with Crippen molar-refractivity contribution in [3.8, 4) is 11.3 Å². The topological polar surface area (TPSA) is 52.0 Å². The van der Waals surface area contributed by atoms with Crippen molar-refractivity contribution in [2.75, 3.05) is 6.54 Å². The predicted octanol–water partition coefficient (Wildman–Crippen LogP) is 2.23. The Kier molecular flexibility index (Phi) is 3.15. The third-order valence-corrected chi connectivity index (χ3v) is 2.22. The molecule has 2 aromatic rings. The quantitative estimate of drug-likeness (QED) is 0.827. The van der Waals surface area contributed by atoms with Crippen LogP contribution in [0.25, 0.3) is 11.3 Å². The van der Waals surface area contributed by atoms with Crippen LogP contribution in [0.1, 0.15) is 12.3 Å². The molecule has 78 valence electrons. The predicted molar refractivity (Wildman–Crippen MR) is 59.3 cm³/mol. The molecule has 1 aromatic heterocycles. The van der Waals surface area contributed by atoms with E-state index in [1.165, 1.54) is 0 Å². The van der Waals surface area contributed by atoms with Crippen LogP contribution in [0.2, 0.25) is 0 Å². The van der Waals surface area contributed by atoms with Crippen molar-refractivity contribution in [1.82, 2.24) is 4.98 Å². The lowest BCUT2D eigenvalue weighted by atomic mass is 10.2. The van der Waals surface area contributed by atoms with E-state index in [-0.39, 0.29) is 0 Å². The Morgan fingerprint density at radius 3 is 2.73 bits per heavy atom. The first kappa shape index (κ1) is 9.93. The monoisotopic (exact) mass is 202 g/mol. The summed E-state index contributed by atoms with van der Waals surface area (Å²) in [4.78, 5) is 4.40. The van der Waals surface area contributed by atoms with Gasteiger partial charge in [-0.25, -0.2) is 4.98 Å². The SMILES string of the molecule is NCCCc1nc(-c2ccccc2)co1. The minimum atomic E-state index is 0.670. The standard InChI is InChI=1S/C12H14N2O/c13-8-4-7-12-14-11(9-15-12)10-5-2-1-3-6-10/h1-3,5-6,9H,4,7-8,13H2. The van der Waals surface area contributed by atoms with Gasteiger partial charge in [0.2, 0.25) is 0 Å². The number of nitrogens with two attached hydrogens (primary N) is 1. The van der Waals surface area contributed by atoms with Gasteiger partial charge in [0.1, 0.15) is 12.0 Å². The summed E-state index contributed by atoms with van der Waals surface area (Å²) in [5.41, 5.74) is 7.40. The molecule has 2 rings (SSSR count). The number of aromatic nitrogens is 1. The van der Waals surface area contributed by atoms with Gasteiger partial charge in [0.25, 0.3) is 0 Å². The average Bonchev–Trinajstić information content (AvgIpc) is 2.76. The van der Waals surface area contributed by atoms with Crippen molar-refractivity contribution in [3.63, 3.8) is 0 Å². The van der Waals surface area contributed by atoms with Crippen molar-refractivity contribution < 1.29 is 4.42 Å². The molecule has 0 saturated heterocycles. The minimum absolute atomic E-state index is 0.670. The van der Waals surface area contributed by atoms with Gasteiger partial charge in [-0.05, 0) is 13.0 Å². The minimum Gasteiger partial charge on any atom is -0.448 e. The van der Waals surface area contributed by atoms with Gasteiger partial charge in [0.05, 0.1) is 0 Å². The Morgan fingerprint density at radius 2 is 2.00 bits per heavy atom. The van der Waals surface area contributed by atoms with Crippen LogP contribution in [0.15, 0.2) is 41.0 Å². The maximum Gasteiger partial charge on any atom is 0.194 e. The van der Waals surface area contributed by atoms with E-state index in [4.69, 9.17) is 10.2 Å². The first-order valence-corrected chi connectivity index (χ1v) is 5.10. The number of aryl methyl sites for hydroxylation is 1. The summed E-state index contributed by atoms with van der Waals surface area (Å²) in [5, 5.41) is 0. The lowest BCUT2D eigenvalue weighted by molar-refractivity contribution is 0.488. The molecule has 0 spiro atoms. The number of hydrogen-bond acceptors (Lipinski definition) is 3. The van der Waals surface area contributed by atoms with Gasteiger partial charge in [-0.3, -0.25) is 0 Å². The largest absolute Gasteiger partial charge is 0.448 e. The molecule has 0 fully saturated rings. The van der Waals surface area contributed by atoms with E-state index in [2.05, 4.69) is 4.98 Å². The van der Waals surface area contributed by atoms with Crippen molar-refractivity contribution in [2.24, 2.45) is 5.73 Å². The second kappa shape index (κ2) is 4.75. The van der Waals surface area contributed by atoms with E-state index < -0.39 is 0 Å². The molecule has 0 radical (unpaired) electrons. The van der Waals surface area contributed by atoms with Crippen molar-refractivity contribution in [2.45, 2.75) is 12.8 Å².